The van der Waals surface area contributed by atoms with Gasteiger partial charge in [-0.2, -0.15) is 0 Å². The third-order valence-corrected chi connectivity index (χ3v) is 2.78. The van der Waals surface area contributed by atoms with Gasteiger partial charge >= 0.3 is 0 Å². The molecule has 0 unspecified atom stereocenters. The normalized spacial score (nSPS) is 13.7. The summed E-state index contributed by atoms with van der Waals surface area (Å²) in [6.07, 6.45) is 0.732. The molecule has 0 aliphatic carbocycles. The summed E-state index contributed by atoms with van der Waals surface area (Å²) in [7, 11) is 0. The van der Waals surface area contributed by atoms with E-state index in [1.54, 1.807) is 10.7 Å². The van der Waals surface area contributed by atoms with Gasteiger partial charge in [0.1, 0.15) is 5.84 Å². The van der Waals surface area contributed by atoms with Gasteiger partial charge in [0.25, 0.3) is 5.56 Å². The molecule has 0 bridgehead atoms. The summed E-state index contributed by atoms with van der Waals surface area (Å²) in [5.41, 5.74) is 3.00. The van der Waals surface area contributed by atoms with Crippen LogP contribution in [0.5, 0.6) is 0 Å². The molecule has 2 aromatic rings. The van der Waals surface area contributed by atoms with E-state index in [0.29, 0.717) is 0 Å². The highest BCUT2D eigenvalue weighted by molar-refractivity contribution is 5.85. The second kappa shape index (κ2) is 3.20. The number of H-pyrrole nitrogens is 1. The number of hydrogen-bond acceptors (Lipinski definition) is 2. The topological polar surface area (TPSA) is 50.1 Å². The lowest BCUT2D eigenvalue weighted by Gasteiger charge is -2.02. The fourth-order valence-electron chi connectivity index (χ4n) is 2.04. The van der Waals surface area contributed by atoms with Gasteiger partial charge in [0.2, 0.25) is 0 Å². The first-order valence-electron chi connectivity index (χ1n) is 5.18. The molecule has 2 heterocycles. The monoisotopic (exact) mass is 213 g/mol. The van der Waals surface area contributed by atoms with Gasteiger partial charge in [-0.15, -0.1) is 0 Å². The molecule has 80 valence electrons. The third kappa shape index (κ3) is 1.31. The summed E-state index contributed by atoms with van der Waals surface area (Å²) < 4.78 is 1.75. The zero-order valence-corrected chi connectivity index (χ0v) is 8.90. The van der Waals surface area contributed by atoms with Gasteiger partial charge in [-0.3, -0.25) is 9.89 Å². The largest absolute Gasteiger partial charge is 0.268 e. The maximum absolute atomic E-state index is 11.3. The fourth-order valence-corrected chi connectivity index (χ4v) is 2.04. The van der Waals surface area contributed by atoms with Crippen LogP contribution in [0.15, 0.2) is 40.1 Å². The second-order valence-corrected chi connectivity index (χ2v) is 3.91. The van der Waals surface area contributed by atoms with Crippen LogP contribution in [0.2, 0.25) is 0 Å². The number of para-hydroxylation sites is 1. The maximum atomic E-state index is 11.3. The third-order valence-electron chi connectivity index (χ3n) is 2.78. The number of nitrogens with one attached hydrogen (secondary N) is 1. The molecule has 0 radical (unpaired) electrons. The predicted molar refractivity (Wildman–Crippen MR) is 62.5 cm³/mol. The average molecular weight is 213 g/mol. The van der Waals surface area contributed by atoms with Crippen molar-refractivity contribution in [3.8, 4) is 0 Å². The predicted octanol–water partition coefficient (Wildman–Crippen LogP) is 1.68. The number of aromatic nitrogens is 2. The average Bonchev–Trinajstić information content (AvgIpc) is 2.57. The first-order valence-corrected chi connectivity index (χ1v) is 5.18. The van der Waals surface area contributed by atoms with E-state index < -0.39 is 0 Å². The van der Waals surface area contributed by atoms with Crippen molar-refractivity contribution < 1.29 is 0 Å². The van der Waals surface area contributed by atoms with E-state index in [-0.39, 0.29) is 5.56 Å². The van der Waals surface area contributed by atoms with Crippen molar-refractivity contribution in [1.29, 1.82) is 0 Å². The Balaban J connectivity index is 2.27. The van der Waals surface area contributed by atoms with E-state index in [9.17, 15) is 4.79 Å². The van der Waals surface area contributed by atoms with Crippen molar-refractivity contribution >= 4 is 11.5 Å². The van der Waals surface area contributed by atoms with Crippen LogP contribution < -0.4 is 5.56 Å². The second-order valence-electron chi connectivity index (χ2n) is 3.91. The van der Waals surface area contributed by atoms with Crippen molar-refractivity contribution in [2.75, 3.05) is 0 Å². The molecule has 3 rings (SSSR count). The van der Waals surface area contributed by atoms with Crippen molar-refractivity contribution in [2.24, 2.45) is 4.99 Å². The minimum absolute atomic E-state index is 0.0797. The molecule has 0 fully saturated rings. The fraction of sp³-hybridized carbons (Fsp3) is 0.167. The van der Waals surface area contributed by atoms with Crippen molar-refractivity contribution in [1.82, 2.24) is 9.78 Å². The number of aliphatic imine (C=N–C) groups is 1. The van der Waals surface area contributed by atoms with E-state index in [2.05, 4.69) is 10.1 Å². The zero-order chi connectivity index (χ0) is 11.1. The Labute approximate surface area is 92.2 Å². The summed E-state index contributed by atoms with van der Waals surface area (Å²) in [5.74, 6) is 0.794. The van der Waals surface area contributed by atoms with Gasteiger partial charge in [0, 0.05) is 12.5 Å². The van der Waals surface area contributed by atoms with Crippen molar-refractivity contribution in [2.45, 2.75) is 13.3 Å². The van der Waals surface area contributed by atoms with E-state index in [0.717, 1.165) is 29.2 Å². The smallest absolute Gasteiger partial charge is 0.264 e. The van der Waals surface area contributed by atoms with E-state index >= 15 is 0 Å². The Kier molecular flexibility index (Phi) is 1.83. The summed E-state index contributed by atoms with van der Waals surface area (Å²) in [4.78, 5) is 15.8. The van der Waals surface area contributed by atoms with Crippen molar-refractivity contribution in [3.63, 3.8) is 0 Å². The van der Waals surface area contributed by atoms with Gasteiger partial charge in [-0.25, -0.2) is 9.67 Å². The van der Waals surface area contributed by atoms with Crippen LogP contribution >= 0.6 is 0 Å². The Hall–Kier alpha value is -2.10. The van der Waals surface area contributed by atoms with Crippen LogP contribution in [-0.4, -0.2) is 15.6 Å². The number of rotatable bonds is 0. The van der Waals surface area contributed by atoms with E-state index in [1.165, 1.54) is 0 Å². The standard InChI is InChI=1S/C12H11N3O/c1-8-13-11-5-3-2-4-9(11)6-10-7-12(16)14-15(8)10/h2-5,7H,6H2,1H3,(H,14,16). The first-order chi connectivity index (χ1) is 7.74. The Bertz CT molecular complexity index is 634. The van der Waals surface area contributed by atoms with Crippen LogP contribution in [0.25, 0.3) is 0 Å². The molecule has 0 saturated heterocycles. The highest BCUT2D eigenvalue weighted by Crippen LogP contribution is 2.24. The molecule has 1 aromatic carbocycles. The number of nitrogens with zero attached hydrogens (tertiary/aromatic N) is 2. The van der Waals surface area contributed by atoms with E-state index in [4.69, 9.17) is 0 Å². The molecule has 0 saturated carbocycles. The van der Waals surface area contributed by atoms with Crippen LogP contribution in [0, 0.1) is 0 Å². The number of fused-ring (bicyclic) bond motifs is 2. The Morgan fingerprint density at radius 1 is 1.38 bits per heavy atom. The van der Waals surface area contributed by atoms with Crippen molar-refractivity contribution in [3.05, 3.63) is 51.9 Å². The molecule has 0 atom stereocenters. The molecule has 1 aliphatic rings. The van der Waals surface area contributed by atoms with Crippen LogP contribution in [0.4, 0.5) is 5.69 Å². The summed E-state index contributed by atoms with van der Waals surface area (Å²) in [6.45, 7) is 1.89. The summed E-state index contributed by atoms with van der Waals surface area (Å²) >= 11 is 0. The summed E-state index contributed by atoms with van der Waals surface area (Å²) in [6, 6.07) is 9.62. The van der Waals surface area contributed by atoms with E-state index in [1.807, 2.05) is 31.2 Å². The highest BCUT2D eigenvalue weighted by atomic mass is 16.1. The first kappa shape index (κ1) is 9.15. The lowest BCUT2D eigenvalue weighted by Crippen LogP contribution is -2.13. The number of benzene rings is 1. The highest BCUT2D eigenvalue weighted by Gasteiger charge is 2.14. The van der Waals surface area contributed by atoms with Gasteiger partial charge in [-0.05, 0) is 18.6 Å². The van der Waals surface area contributed by atoms with Gasteiger partial charge in [-0.1, -0.05) is 18.2 Å². The molecule has 16 heavy (non-hydrogen) atoms. The maximum Gasteiger partial charge on any atom is 0.264 e. The lowest BCUT2D eigenvalue weighted by molar-refractivity contribution is 0.862. The molecule has 0 spiro atoms. The molecular weight excluding hydrogens is 202 g/mol. The van der Waals surface area contributed by atoms with Crippen LogP contribution in [-0.2, 0) is 6.42 Å². The van der Waals surface area contributed by atoms with Gasteiger partial charge in [0.15, 0.2) is 0 Å². The number of aromatic amines is 1. The van der Waals surface area contributed by atoms with Gasteiger partial charge in [0.05, 0.1) is 11.4 Å². The van der Waals surface area contributed by atoms with Crippen LogP contribution in [0.3, 0.4) is 0 Å². The molecule has 0 amide bonds. The molecule has 4 heteroatoms. The quantitative estimate of drug-likeness (QED) is 0.711. The van der Waals surface area contributed by atoms with Gasteiger partial charge < -0.3 is 0 Å². The van der Waals surface area contributed by atoms with Crippen LogP contribution in [0.1, 0.15) is 18.2 Å². The SMILES string of the molecule is CC1=Nc2ccccc2Cc2cc(=O)[nH]n21. The number of hydrogen-bond donors (Lipinski definition) is 1. The minimum Gasteiger partial charge on any atom is -0.268 e. The molecule has 1 N–H and O–H groups in total. The summed E-state index contributed by atoms with van der Waals surface area (Å²) in [5, 5.41) is 2.75. The molecule has 1 aromatic heterocycles. The minimum atomic E-state index is -0.0797. The zero-order valence-electron chi connectivity index (χ0n) is 8.90. The lowest BCUT2D eigenvalue weighted by atomic mass is 10.1. The Morgan fingerprint density at radius 3 is 3.06 bits per heavy atom. The Morgan fingerprint density at radius 2 is 2.19 bits per heavy atom. The molecular formula is C12H11N3O. The molecule has 4 nitrogen and oxygen atoms in total. The molecule has 1 aliphatic heterocycles.